The van der Waals surface area contributed by atoms with Gasteiger partial charge in [-0.05, 0) is 11.6 Å². The standard InChI is InChI=1S/C14H17F3N2O2/c15-14(16,17)11-4-2-1-3-10(11)12(20)9-19-7-5-13(21)18-6-8-19/h1-4,12,20H,5-9H2,(H,18,21)/t12-/m0/s1. The van der Waals surface area contributed by atoms with Gasteiger partial charge in [-0.2, -0.15) is 13.2 Å². The first-order valence-corrected chi connectivity index (χ1v) is 6.71. The van der Waals surface area contributed by atoms with Crippen molar-refractivity contribution in [1.29, 1.82) is 0 Å². The van der Waals surface area contributed by atoms with Crippen LogP contribution in [0.4, 0.5) is 13.2 Å². The van der Waals surface area contributed by atoms with Crippen molar-refractivity contribution in [3.05, 3.63) is 35.4 Å². The van der Waals surface area contributed by atoms with E-state index in [1.807, 2.05) is 0 Å². The van der Waals surface area contributed by atoms with E-state index >= 15 is 0 Å². The predicted molar refractivity (Wildman–Crippen MR) is 70.5 cm³/mol. The summed E-state index contributed by atoms with van der Waals surface area (Å²) in [5, 5.41) is 12.8. The van der Waals surface area contributed by atoms with Crippen molar-refractivity contribution in [1.82, 2.24) is 10.2 Å². The van der Waals surface area contributed by atoms with Crippen molar-refractivity contribution in [3.8, 4) is 0 Å². The molecule has 0 aromatic heterocycles. The van der Waals surface area contributed by atoms with E-state index in [1.165, 1.54) is 18.2 Å². The summed E-state index contributed by atoms with van der Waals surface area (Å²) >= 11 is 0. The first kappa shape index (κ1) is 15.8. The van der Waals surface area contributed by atoms with Crippen molar-refractivity contribution in [2.45, 2.75) is 18.7 Å². The van der Waals surface area contributed by atoms with Crippen LogP contribution < -0.4 is 5.32 Å². The minimum atomic E-state index is -4.49. The lowest BCUT2D eigenvalue weighted by atomic mass is 10.0. The van der Waals surface area contributed by atoms with Gasteiger partial charge in [-0.15, -0.1) is 0 Å². The number of alkyl halides is 3. The van der Waals surface area contributed by atoms with Gasteiger partial charge >= 0.3 is 6.18 Å². The summed E-state index contributed by atoms with van der Waals surface area (Å²) in [6, 6.07) is 5.02. The average molecular weight is 302 g/mol. The summed E-state index contributed by atoms with van der Waals surface area (Å²) in [5.41, 5.74) is -0.949. The lowest BCUT2D eigenvalue weighted by Crippen LogP contribution is -2.32. The molecule has 4 nitrogen and oxygen atoms in total. The molecule has 7 heteroatoms. The Balaban J connectivity index is 2.10. The number of hydrogen-bond donors (Lipinski definition) is 2. The van der Waals surface area contributed by atoms with Crippen LogP contribution in [0.15, 0.2) is 24.3 Å². The average Bonchev–Trinajstić information content (AvgIpc) is 2.63. The molecule has 1 saturated heterocycles. The van der Waals surface area contributed by atoms with Crippen LogP contribution in [0.5, 0.6) is 0 Å². The molecular weight excluding hydrogens is 285 g/mol. The van der Waals surface area contributed by atoms with Gasteiger partial charge in [0.05, 0.1) is 11.7 Å². The van der Waals surface area contributed by atoms with Gasteiger partial charge in [-0.25, -0.2) is 0 Å². The number of amides is 1. The van der Waals surface area contributed by atoms with E-state index in [1.54, 1.807) is 4.90 Å². The fourth-order valence-corrected chi connectivity index (χ4v) is 2.38. The first-order valence-electron chi connectivity index (χ1n) is 6.71. The van der Waals surface area contributed by atoms with Crippen molar-refractivity contribution in [2.75, 3.05) is 26.2 Å². The number of halogens is 3. The molecule has 1 atom stereocenters. The van der Waals surface area contributed by atoms with Crippen LogP contribution in [0.2, 0.25) is 0 Å². The van der Waals surface area contributed by atoms with Gasteiger partial charge in [0.2, 0.25) is 5.91 Å². The highest BCUT2D eigenvalue weighted by atomic mass is 19.4. The summed E-state index contributed by atoms with van der Waals surface area (Å²) in [6.07, 6.45) is -5.45. The number of benzene rings is 1. The van der Waals surface area contributed by atoms with Gasteiger partial charge < -0.3 is 10.4 Å². The van der Waals surface area contributed by atoms with Crippen LogP contribution in [0.1, 0.15) is 23.7 Å². The minimum Gasteiger partial charge on any atom is -0.387 e. The number of hydrogen-bond acceptors (Lipinski definition) is 3. The number of aliphatic hydroxyl groups excluding tert-OH is 1. The van der Waals surface area contributed by atoms with E-state index < -0.39 is 17.8 Å². The third-order valence-corrected chi connectivity index (χ3v) is 3.46. The molecular formula is C14H17F3N2O2. The Kier molecular flexibility index (Phi) is 4.84. The van der Waals surface area contributed by atoms with E-state index in [0.717, 1.165) is 6.07 Å². The summed E-state index contributed by atoms with van der Waals surface area (Å²) in [5.74, 6) is -0.0809. The zero-order valence-electron chi connectivity index (χ0n) is 11.4. The van der Waals surface area contributed by atoms with Crippen molar-refractivity contribution in [2.24, 2.45) is 0 Å². The van der Waals surface area contributed by atoms with Gasteiger partial charge in [0.1, 0.15) is 0 Å². The number of β-amino-alcohol motifs (C(OH)–C–C–N with tert-alkyl or cyclic N) is 1. The zero-order valence-corrected chi connectivity index (χ0v) is 11.4. The van der Waals surface area contributed by atoms with Crippen molar-refractivity contribution in [3.63, 3.8) is 0 Å². The van der Waals surface area contributed by atoms with Crippen LogP contribution in [0.3, 0.4) is 0 Å². The van der Waals surface area contributed by atoms with Gasteiger partial charge in [0.25, 0.3) is 0 Å². The molecule has 0 aliphatic carbocycles. The lowest BCUT2D eigenvalue weighted by molar-refractivity contribution is -0.139. The van der Waals surface area contributed by atoms with Crippen LogP contribution >= 0.6 is 0 Å². The molecule has 0 bridgehead atoms. The van der Waals surface area contributed by atoms with Gasteiger partial charge in [0, 0.05) is 32.6 Å². The Morgan fingerprint density at radius 1 is 1.29 bits per heavy atom. The molecule has 2 rings (SSSR count). The molecule has 1 aliphatic rings. The summed E-state index contributed by atoms with van der Waals surface area (Å²) < 4.78 is 38.8. The normalized spacial score (nSPS) is 19.0. The molecule has 0 spiro atoms. The molecule has 21 heavy (non-hydrogen) atoms. The Labute approximate surface area is 120 Å². The highest BCUT2D eigenvalue weighted by Crippen LogP contribution is 2.34. The zero-order chi connectivity index (χ0) is 15.5. The number of aliphatic hydroxyl groups is 1. The summed E-state index contributed by atoms with van der Waals surface area (Å²) in [7, 11) is 0. The predicted octanol–water partition coefficient (Wildman–Crippen LogP) is 1.56. The SMILES string of the molecule is O=C1CCN(C[C@H](O)c2ccccc2C(F)(F)F)CCN1. The second-order valence-corrected chi connectivity index (χ2v) is 5.00. The summed E-state index contributed by atoms with van der Waals surface area (Å²) in [4.78, 5) is 13.0. The maximum absolute atomic E-state index is 12.9. The summed E-state index contributed by atoms with van der Waals surface area (Å²) in [6.45, 7) is 1.45. The molecule has 1 aromatic carbocycles. The maximum atomic E-state index is 12.9. The first-order chi connectivity index (χ1) is 9.88. The Morgan fingerprint density at radius 2 is 2.00 bits per heavy atom. The second-order valence-electron chi connectivity index (χ2n) is 5.00. The van der Waals surface area contributed by atoms with Gasteiger partial charge in [-0.3, -0.25) is 9.69 Å². The minimum absolute atomic E-state index is 0.0715. The highest BCUT2D eigenvalue weighted by Gasteiger charge is 2.35. The van der Waals surface area contributed by atoms with E-state index in [-0.39, 0.29) is 24.4 Å². The molecule has 0 saturated carbocycles. The van der Waals surface area contributed by atoms with Crippen molar-refractivity contribution < 1.29 is 23.1 Å². The largest absolute Gasteiger partial charge is 0.416 e. The lowest BCUT2D eigenvalue weighted by Gasteiger charge is -2.24. The fraction of sp³-hybridized carbons (Fsp3) is 0.500. The molecule has 2 N–H and O–H groups in total. The van der Waals surface area contributed by atoms with E-state index in [4.69, 9.17) is 0 Å². The molecule has 0 unspecified atom stereocenters. The topological polar surface area (TPSA) is 52.6 Å². The molecule has 116 valence electrons. The number of carbonyl (C=O) groups is 1. The molecule has 1 aromatic rings. The quantitative estimate of drug-likeness (QED) is 0.891. The number of rotatable bonds is 3. The van der Waals surface area contributed by atoms with Crippen LogP contribution in [-0.2, 0) is 11.0 Å². The molecule has 1 amide bonds. The molecule has 1 fully saturated rings. The fourth-order valence-electron chi connectivity index (χ4n) is 2.38. The maximum Gasteiger partial charge on any atom is 0.416 e. The number of nitrogens with one attached hydrogen (secondary N) is 1. The van der Waals surface area contributed by atoms with Crippen LogP contribution in [0.25, 0.3) is 0 Å². The van der Waals surface area contributed by atoms with E-state index in [0.29, 0.717) is 19.6 Å². The van der Waals surface area contributed by atoms with Crippen LogP contribution in [-0.4, -0.2) is 42.1 Å². The van der Waals surface area contributed by atoms with E-state index in [9.17, 15) is 23.1 Å². The Hall–Kier alpha value is -1.60. The number of nitrogens with zero attached hydrogens (tertiary/aromatic N) is 1. The molecule has 1 aliphatic heterocycles. The van der Waals surface area contributed by atoms with Gasteiger partial charge in [0.15, 0.2) is 0 Å². The van der Waals surface area contributed by atoms with Crippen LogP contribution in [0, 0.1) is 0 Å². The third-order valence-electron chi connectivity index (χ3n) is 3.46. The smallest absolute Gasteiger partial charge is 0.387 e. The number of carbonyl (C=O) groups excluding carboxylic acids is 1. The van der Waals surface area contributed by atoms with Crippen molar-refractivity contribution >= 4 is 5.91 Å². The molecule has 0 radical (unpaired) electrons. The van der Waals surface area contributed by atoms with Gasteiger partial charge in [-0.1, -0.05) is 18.2 Å². The monoisotopic (exact) mass is 302 g/mol. The second kappa shape index (κ2) is 6.44. The third kappa shape index (κ3) is 4.18. The highest BCUT2D eigenvalue weighted by molar-refractivity contribution is 5.76. The van der Waals surface area contributed by atoms with E-state index in [2.05, 4.69) is 5.32 Å². The Morgan fingerprint density at radius 3 is 2.71 bits per heavy atom. The Bertz CT molecular complexity index is 505. The molecule has 1 heterocycles.